The summed E-state index contributed by atoms with van der Waals surface area (Å²) in [7, 11) is 0. The van der Waals surface area contributed by atoms with Crippen molar-refractivity contribution in [3.05, 3.63) is 30.1 Å². The second-order valence-corrected chi connectivity index (χ2v) is 5.40. The average Bonchev–Trinajstić information content (AvgIpc) is 2.34. The molecule has 0 saturated heterocycles. The van der Waals surface area contributed by atoms with Crippen molar-refractivity contribution < 1.29 is 14.0 Å². The van der Waals surface area contributed by atoms with Crippen molar-refractivity contribution in [1.29, 1.82) is 0 Å². The largest absolute Gasteiger partial charge is 0.369 e. The van der Waals surface area contributed by atoms with Crippen molar-refractivity contribution in [1.82, 2.24) is 4.90 Å². The molecular formula is C15H22FN3O2. The topological polar surface area (TPSA) is 75.4 Å². The van der Waals surface area contributed by atoms with Crippen molar-refractivity contribution in [3.8, 4) is 0 Å². The first-order valence-electron chi connectivity index (χ1n) is 6.93. The predicted molar refractivity (Wildman–Crippen MR) is 80.1 cm³/mol. The Morgan fingerprint density at radius 1 is 1.38 bits per heavy atom. The second-order valence-electron chi connectivity index (χ2n) is 5.40. The van der Waals surface area contributed by atoms with Gasteiger partial charge in [-0.15, -0.1) is 0 Å². The summed E-state index contributed by atoms with van der Waals surface area (Å²) in [6, 6.07) is 5.72. The number of nitrogens with two attached hydrogens (primary N) is 1. The molecule has 6 heteroatoms. The number of hydrogen-bond acceptors (Lipinski definition) is 3. The highest BCUT2D eigenvalue weighted by Crippen LogP contribution is 2.09. The van der Waals surface area contributed by atoms with Crippen molar-refractivity contribution in [2.45, 2.75) is 20.3 Å². The maximum atomic E-state index is 13.0. The van der Waals surface area contributed by atoms with E-state index in [9.17, 15) is 14.0 Å². The molecule has 0 spiro atoms. The highest BCUT2D eigenvalue weighted by atomic mass is 19.1. The van der Waals surface area contributed by atoms with E-state index in [1.165, 1.54) is 18.2 Å². The Hall–Kier alpha value is -1.95. The van der Waals surface area contributed by atoms with E-state index in [0.717, 1.165) is 0 Å². The van der Waals surface area contributed by atoms with E-state index in [4.69, 9.17) is 5.73 Å². The lowest BCUT2D eigenvalue weighted by Gasteiger charge is -2.22. The quantitative estimate of drug-likeness (QED) is 0.765. The number of primary amides is 1. The summed E-state index contributed by atoms with van der Waals surface area (Å²) in [5.41, 5.74) is 5.61. The van der Waals surface area contributed by atoms with Crippen LogP contribution in [0.4, 0.5) is 10.1 Å². The molecule has 0 bridgehead atoms. The van der Waals surface area contributed by atoms with Crippen LogP contribution < -0.4 is 11.1 Å². The number of hydrogen-bond donors (Lipinski definition) is 2. The van der Waals surface area contributed by atoms with Crippen molar-refractivity contribution >= 4 is 17.5 Å². The standard InChI is InChI=1S/C15H22FN3O2/c1-11(2)9-19(10-14(17)20)7-6-15(21)18-13-5-3-4-12(16)8-13/h3-5,8,11H,6-7,9-10H2,1-2H3,(H2,17,20)(H,18,21). The number of anilines is 1. The van der Waals surface area contributed by atoms with Gasteiger partial charge in [0.1, 0.15) is 5.82 Å². The molecule has 3 N–H and O–H groups in total. The monoisotopic (exact) mass is 295 g/mol. The Bertz CT molecular complexity index is 492. The summed E-state index contributed by atoms with van der Waals surface area (Å²) < 4.78 is 13.0. The van der Waals surface area contributed by atoms with Crippen molar-refractivity contribution in [2.75, 3.05) is 25.0 Å². The van der Waals surface area contributed by atoms with E-state index in [-0.39, 0.29) is 18.9 Å². The van der Waals surface area contributed by atoms with E-state index < -0.39 is 11.7 Å². The van der Waals surface area contributed by atoms with Gasteiger partial charge in [-0.25, -0.2) is 4.39 Å². The fraction of sp³-hybridized carbons (Fsp3) is 0.467. The van der Waals surface area contributed by atoms with Crippen LogP contribution in [0.2, 0.25) is 0 Å². The first-order chi connectivity index (χ1) is 9.86. The number of carbonyl (C=O) groups is 2. The molecule has 116 valence electrons. The van der Waals surface area contributed by atoms with Crippen LogP contribution in [-0.4, -0.2) is 36.3 Å². The van der Waals surface area contributed by atoms with Gasteiger partial charge in [0.05, 0.1) is 6.54 Å². The van der Waals surface area contributed by atoms with Crippen LogP contribution in [0.15, 0.2) is 24.3 Å². The fourth-order valence-corrected chi connectivity index (χ4v) is 2.02. The van der Waals surface area contributed by atoms with Gasteiger partial charge in [0.15, 0.2) is 0 Å². The van der Waals surface area contributed by atoms with Gasteiger partial charge in [-0.1, -0.05) is 19.9 Å². The van der Waals surface area contributed by atoms with Gasteiger partial charge in [-0.2, -0.15) is 0 Å². The lowest BCUT2D eigenvalue weighted by molar-refractivity contribution is -0.120. The van der Waals surface area contributed by atoms with Gasteiger partial charge in [-0.3, -0.25) is 14.5 Å². The molecule has 5 nitrogen and oxygen atoms in total. The smallest absolute Gasteiger partial charge is 0.231 e. The molecule has 0 atom stereocenters. The highest BCUT2D eigenvalue weighted by Gasteiger charge is 2.12. The second kappa shape index (κ2) is 8.36. The molecule has 0 aliphatic carbocycles. The summed E-state index contributed by atoms with van der Waals surface area (Å²) in [6.07, 6.45) is 0.219. The van der Waals surface area contributed by atoms with Crippen LogP contribution in [0.25, 0.3) is 0 Å². The first-order valence-corrected chi connectivity index (χ1v) is 6.93. The molecule has 2 amide bonds. The maximum Gasteiger partial charge on any atom is 0.231 e. The molecule has 0 saturated carbocycles. The van der Waals surface area contributed by atoms with Gasteiger partial charge >= 0.3 is 0 Å². The summed E-state index contributed by atoms with van der Waals surface area (Å²) >= 11 is 0. The van der Waals surface area contributed by atoms with Gasteiger partial charge in [0.25, 0.3) is 0 Å². The van der Waals surface area contributed by atoms with E-state index in [0.29, 0.717) is 24.7 Å². The third kappa shape index (κ3) is 7.41. The number of carbonyl (C=O) groups excluding carboxylic acids is 2. The summed E-state index contributed by atoms with van der Waals surface area (Å²) in [4.78, 5) is 24.7. The minimum Gasteiger partial charge on any atom is -0.369 e. The van der Waals surface area contributed by atoms with Crippen LogP contribution in [0.3, 0.4) is 0 Å². The zero-order chi connectivity index (χ0) is 15.8. The molecule has 1 aromatic rings. The molecule has 21 heavy (non-hydrogen) atoms. The van der Waals surface area contributed by atoms with E-state index in [2.05, 4.69) is 5.32 Å². The number of rotatable bonds is 8. The Balaban J connectivity index is 2.47. The molecule has 1 rings (SSSR count). The molecule has 0 fully saturated rings. The molecule has 0 aliphatic rings. The third-order valence-corrected chi connectivity index (χ3v) is 2.77. The first kappa shape index (κ1) is 17.1. The number of amides is 2. The molecule has 1 aromatic carbocycles. The zero-order valence-corrected chi connectivity index (χ0v) is 12.4. The van der Waals surface area contributed by atoms with Gasteiger partial charge in [0.2, 0.25) is 11.8 Å². The van der Waals surface area contributed by atoms with Crippen LogP contribution in [0.5, 0.6) is 0 Å². The maximum absolute atomic E-state index is 13.0. The Kier molecular flexibility index (Phi) is 6.81. The third-order valence-electron chi connectivity index (χ3n) is 2.77. The van der Waals surface area contributed by atoms with Gasteiger partial charge in [-0.05, 0) is 24.1 Å². The Labute approximate surface area is 124 Å². The Morgan fingerprint density at radius 2 is 2.10 bits per heavy atom. The van der Waals surface area contributed by atoms with Crippen LogP contribution in [0, 0.1) is 11.7 Å². The molecule has 0 radical (unpaired) electrons. The molecule has 0 unspecified atom stereocenters. The summed E-state index contributed by atoms with van der Waals surface area (Å²) in [5.74, 6) is -0.668. The lowest BCUT2D eigenvalue weighted by Crippen LogP contribution is -2.38. The van der Waals surface area contributed by atoms with E-state index in [1.807, 2.05) is 18.7 Å². The highest BCUT2D eigenvalue weighted by molar-refractivity contribution is 5.90. The van der Waals surface area contributed by atoms with E-state index in [1.54, 1.807) is 6.07 Å². The van der Waals surface area contributed by atoms with Crippen molar-refractivity contribution in [3.63, 3.8) is 0 Å². The number of nitrogens with zero attached hydrogens (tertiary/aromatic N) is 1. The number of nitrogens with one attached hydrogen (secondary N) is 1. The van der Waals surface area contributed by atoms with Crippen LogP contribution in [-0.2, 0) is 9.59 Å². The average molecular weight is 295 g/mol. The van der Waals surface area contributed by atoms with E-state index >= 15 is 0 Å². The summed E-state index contributed by atoms with van der Waals surface area (Å²) in [6.45, 7) is 5.31. The zero-order valence-electron chi connectivity index (χ0n) is 12.4. The number of halogens is 1. The van der Waals surface area contributed by atoms with Gasteiger partial charge in [0, 0.05) is 25.2 Å². The summed E-state index contributed by atoms with van der Waals surface area (Å²) in [5, 5.41) is 2.62. The Morgan fingerprint density at radius 3 is 2.67 bits per heavy atom. The minimum absolute atomic E-state index is 0.130. The SMILES string of the molecule is CC(C)CN(CCC(=O)Nc1cccc(F)c1)CC(N)=O. The number of benzene rings is 1. The molecule has 0 aliphatic heterocycles. The normalized spacial score (nSPS) is 10.9. The fourth-order valence-electron chi connectivity index (χ4n) is 2.02. The molecular weight excluding hydrogens is 273 g/mol. The lowest BCUT2D eigenvalue weighted by atomic mass is 10.2. The molecule has 0 heterocycles. The van der Waals surface area contributed by atoms with Crippen LogP contribution in [0.1, 0.15) is 20.3 Å². The predicted octanol–water partition coefficient (Wildman–Crippen LogP) is 1.60. The van der Waals surface area contributed by atoms with Crippen molar-refractivity contribution in [2.24, 2.45) is 11.7 Å². The van der Waals surface area contributed by atoms with Gasteiger partial charge < -0.3 is 11.1 Å². The molecule has 0 aromatic heterocycles. The minimum atomic E-state index is -0.416. The van der Waals surface area contributed by atoms with Crippen LogP contribution >= 0.6 is 0 Å².